The monoisotopic (exact) mass is 431 g/mol. The summed E-state index contributed by atoms with van der Waals surface area (Å²) in [7, 11) is 0. The molecule has 0 aliphatic carbocycles. The van der Waals surface area contributed by atoms with Crippen molar-refractivity contribution < 1.29 is 14.0 Å². The molecule has 1 fully saturated rings. The molecule has 3 aromatic carbocycles. The van der Waals surface area contributed by atoms with Gasteiger partial charge in [0.25, 0.3) is 5.91 Å². The molecule has 0 aromatic heterocycles. The lowest BCUT2D eigenvalue weighted by Gasteiger charge is -2.35. The van der Waals surface area contributed by atoms with Crippen molar-refractivity contribution >= 4 is 17.6 Å². The van der Waals surface area contributed by atoms with Crippen molar-refractivity contribution in [2.75, 3.05) is 24.5 Å². The van der Waals surface area contributed by atoms with Crippen LogP contribution in [0.15, 0.2) is 78.9 Å². The van der Waals surface area contributed by atoms with E-state index >= 15 is 0 Å². The number of carbonyl (C=O) groups excluding carboxylic acids is 2. The molecule has 32 heavy (non-hydrogen) atoms. The number of amides is 3. The van der Waals surface area contributed by atoms with Gasteiger partial charge in [0, 0.05) is 36.4 Å². The fraction of sp³-hybridized carbons (Fsp3) is 0.231. The van der Waals surface area contributed by atoms with E-state index in [1.807, 2.05) is 30.3 Å². The van der Waals surface area contributed by atoms with Crippen LogP contribution in [0.2, 0.25) is 0 Å². The van der Waals surface area contributed by atoms with Gasteiger partial charge in [-0.05, 0) is 48.7 Å². The third kappa shape index (κ3) is 5.14. The van der Waals surface area contributed by atoms with Crippen molar-refractivity contribution in [3.63, 3.8) is 0 Å². The van der Waals surface area contributed by atoms with Gasteiger partial charge in [0.15, 0.2) is 0 Å². The van der Waals surface area contributed by atoms with Crippen molar-refractivity contribution in [3.05, 3.63) is 101 Å². The molecule has 1 N–H and O–H groups in total. The first-order valence-electron chi connectivity index (χ1n) is 10.8. The predicted molar refractivity (Wildman–Crippen MR) is 123 cm³/mol. The lowest BCUT2D eigenvalue weighted by molar-refractivity contribution is 0.0954. The average molecular weight is 432 g/mol. The summed E-state index contributed by atoms with van der Waals surface area (Å²) in [5, 5.41) is 2.93. The zero-order valence-electron chi connectivity index (χ0n) is 17.8. The van der Waals surface area contributed by atoms with Gasteiger partial charge < -0.3 is 10.2 Å². The van der Waals surface area contributed by atoms with Gasteiger partial charge in [-0.1, -0.05) is 48.5 Å². The Morgan fingerprint density at radius 3 is 2.38 bits per heavy atom. The van der Waals surface area contributed by atoms with Crippen molar-refractivity contribution in [2.45, 2.75) is 19.4 Å². The summed E-state index contributed by atoms with van der Waals surface area (Å²) in [6.07, 6.45) is 1.56. The Hall–Kier alpha value is -3.67. The van der Waals surface area contributed by atoms with E-state index in [2.05, 4.69) is 5.32 Å². The zero-order chi connectivity index (χ0) is 22.3. The smallest absolute Gasteiger partial charge is 0.324 e. The Balaban J connectivity index is 1.35. The van der Waals surface area contributed by atoms with Crippen LogP contribution >= 0.6 is 0 Å². The van der Waals surface area contributed by atoms with Gasteiger partial charge in [0.2, 0.25) is 0 Å². The summed E-state index contributed by atoms with van der Waals surface area (Å²) in [4.78, 5) is 28.8. The van der Waals surface area contributed by atoms with E-state index < -0.39 is 0 Å². The van der Waals surface area contributed by atoms with Gasteiger partial charge in [-0.15, -0.1) is 0 Å². The van der Waals surface area contributed by atoms with E-state index in [9.17, 15) is 14.0 Å². The van der Waals surface area contributed by atoms with E-state index in [1.54, 1.807) is 52.3 Å². The molecule has 0 unspecified atom stereocenters. The second-order valence-corrected chi connectivity index (χ2v) is 7.84. The molecule has 3 amide bonds. The van der Waals surface area contributed by atoms with Gasteiger partial charge in [-0.25, -0.2) is 9.18 Å². The molecule has 0 saturated carbocycles. The number of benzene rings is 3. The van der Waals surface area contributed by atoms with Crippen molar-refractivity contribution in [1.29, 1.82) is 0 Å². The van der Waals surface area contributed by atoms with Crippen molar-refractivity contribution in [1.82, 2.24) is 10.2 Å². The number of rotatable bonds is 7. The number of nitrogens with one attached hydrogen (secondary N) is 1. The van der Waals surface area contributed by atoms with Crippen LogP contribution in [0.5, 0.6) is 0 Å². The van der Waals surface area contributed by atoms with Crippen LogP contribution in [-0.2, 0) is 13.0 Å². The maximum absolute atomic E-state index is 14.0. The largest absolute Gasteiger partial charge is 0.352 e. The first kappa shape index (κ1) is 21.6. The van der Waals surface area contributed by atoms with E-state index in [1.165, 1.54) is 11.6 Å². The predicted octanol–water partition coefficient (Wildman–Crippen LogP) is 4.63. The highest BCUT2D eigenvalue weighted by atomic mass is 19.1. The topological polar surface area (TPSA) is 52.7 Å². The zero-order valence-corrected chi connectivity index (χ0v) is 17.8. The number of hydrogen-bond donors (Lipinski definition) is 1. The Morgan fingerprint density at radius 1 is 0.906 bits per heavy atom. The molecule has 0 radical (unpaired) electrons. The third-order valence-electron chi connectivity index (χ3n) is 5.61. The lowest BCUT2D eigenvalue weighted by atomic mass is 10.1. The molecule has 0 bridgehead atoms. The van der Waals surface area contributed by atoms with E-state index in [-0.39, 0.29) is 24.3 Å². The molecule has 5 nitrogen and oxygen atoms in total. The minimum Gasteiger partial charge on any atom is -0.352 e. The highest BCUT2D eigenvalue weighted by molar-refractivity contribution is 5.96. The molecule has 1 heterocycles. The molecular formula is C26H26FN3O2. The van der Waals surface area contributed by atoms with Gasteiger partial charge >= 0.3 is 6.03 Å². The maximum Gasteiger partial charge on any atom is 0.324 e. The molecule has 4 rings (SSSR count). The molecule has 1 aliphatic heterocycles. The quantitative estimate of drug-likeness (QED) is 0.593. The highest BCUT2D eigenvalue weighted by Crippen LogP contribution is 2.22. The van der Waals surface area contributed by atoms with Gasteiger partial charge in [-0.2, -0.15) is 0 Å². The summed E-state index contributed by atoms with van der Waals surface area (Å²) >= 11 is 0. The number of carbonyl (C=O) groups is 2. The average Bonchev–Trinajstić information content (AvgIpc) is 2.82. The van der Waals surface area contributed by atoms with Crippen LogP contribution in [0.4, 0.5) is 14.9 Å². The Kier molecular flexibility index (Phi) is 6.80. The van der Waals surface area contributed by atoms with E-state index in [4.69, 9.17) is 0 Å². The number of hydrogen-bond acceptors (Lipinski definition) is 2. The normalized spacial score (nSPS) is 13.8. The van der Waals surface area contributed by atoms with Crippen molar-refractivity contribution in [3.8, 4) is 0 Å². The first-order chi connectivity index (χ1) is 15.6. The fourth-order valence-electron chi connectivity index (χ4n) is 3.86. The van der Waals surface area contributed by atoms with Crippen molar-refractivity contribution in [2.24, 2.45) is 0 Å². The Morgan fingerprint density at radius 2 is 1.62 bits per heavy atom. The number of nitrogens with zero attached hydrogens (tertiary/aromatic N) is 2. The number of urea groups is 1. The van der Waals surface area contributed by atoms with E-state index in [0.29, 0.717) is 30.8 Å². The first-order valence-corrected chi connectivity index (χ1v) is 10.8. The van der Waals surface area contributed by atoms with Crippen LogP contribution in [-0.4, -0.2) is 36.5 Å². The molecule has 1 saturated heterocycles. The summed E-state index contributed by atoms with van der Waals surface area (Å²) < 4.78 is 14.0. The Labute approximate surface area is 187 Å². The van der Waals surface area contributed by atoms with Gasteiger partial charge in [0.05, 0.1) is 6.54 Å². The highest BCUT2D eigenvalue weighted by Gasteiger charge is 2.27. The summed E-state index contributed by atoms with van der Waals surface area (Å²) in [5.41, 5.74) is 2.96. The standard InChI is InChI=1S/C26H26FN3O2/c27-24-10-5-4-9-22(24)19-29-17-6-18-30(26(29)32)23-13-11-21(12-14-23)25(31)28-16-15-20-7-2-1-3-8-20/h1-5,7-14H,6,15-19H2,(H,28,31). The molecule has 1 aliphatic rings. The lowest BCUT2D eigenvalue weighted by Crippen LogP contribution is -2.49. The van der Waals surface area contributed by atoms with Crippen LogP contribution < -0.4 is 10.2 Å². The molecule has 164 valence electrons. The minimum atomic E-state index is -0.306. The maximum atomic E-state index is 14.0. The Bertz CT molecular complexity index is 1070. The molecule has 3 aromatic rings. The molecule has 6 heteroatoms. The molecule has 0 spiro atoms. The van der Waals surface area contributed by atoms with Crippen LogP contribution in [0.1, 0.15) is 27.9 Å². The number of anilines is 1. The molecule has 0 atom stereocenters. The molecular weight excluding hydrogens is 405 g/mol. The van der Waals surface area contributed by atoms with Gasteiger partial charge in [0.1, 0.15) is 5.82 Å². The summed E-state index contributed by atoms with van der Waals surface area (Å²) in [6, 6.07) is 23.4. The second kappa shape index (κ2) is 10.1. The SMILES string of the molecule is O=C(NCCc1ccccc1)c1ccc(N2CCCN(Cc3ccccc3F)C2=O)cc1. The van der Waals surface area contributed by atoms with Crippen LogP contribution in [0.25, 0.3) is 0 Å². The van der Waals surface area contributed by atoms with E-state index in [0.717, 1.165) is 18.5 Å². The van der Waals surface area contributed by atoms with Crippen LogP contribution in [0, 0.1) is 5.82 Å². The van der Waals surface area contributed by atoms with Gasteiger partial charge in [-0.3, -0.25) is 9.69 Å². The number of halogens is 1. The minimum absolute atomic E-state index is 0.140. The summed E-state index contributed by atoms with van der Waals surface area (Å²) in [6.45, 7) is 1.98. The fourth-order valence-corrected chi connectivity index (χ4v) is 3.86. The third-order valence-corrected chi connectivity index (χ3v) is 5.61. The van der Waals surface area contributed by atoms with Crippen LogP contribution in [0.3, 0.4) is 0 Å². The second-order valence-electron chi connectivity index (χ2n) is 7.84. The summed E-state index contributed by atoms with van der Waals surface area (Å²) in [5.74, 6) is -0.446.